The van der Waals surface area contributed by atoms with Gasteiger partial charge in [-0.15, -0.1) is 0 Å². The molecule has 2 aliphatic rings. The monoisotopic (exact) mass is 481 g/mol. The number of aromatic nitrogens is 2. The van der Waals surface area contributed by atoms with Gasteiger partial charge in [0, 0.05) is 18.4 Å². The van der Waals surface area contributed by atoms with E-state index in [9.17, 15) is 27.5 Å². The van der Waals surface area contributed by atoms with E-state index in [0.717, 1.165) is 29.2 Å². The number of hydrogen-bond donors (Lipinski definition) is 1. The zero-order chi connectivity index (χ0) is 25.4. The number of nitrogens with zero attached hydrogens (tertiary/aromatic N) is 3. The second kappa shape index (κ2) is 9.80. The predicted molar refractivity (Wildman–Crippen MR) is 121 cm³/mol. The number of aliphatic hydroxyl groups excluding tert-OH is 1. The van der Waals surface area contributed by atoms with E-state index in [1.807, 2.05) is 13.8 Å². The molecule has 2 heterocycles. The molecule has 0 radical (unpaired) electrons. The molecule has 1 aromatic carbocycles. The highest BCUT2D eigenvalue weighted by atomic mass is 19.4. The highest BCUT2D eigenvalue weighted by Crippen LogP contribution is 2.43. The first kappa shape index (κ1) is 25.8. The first-order valence-electron chi connectivity index (χ1n) is 11.6. The molecule has 0 unspecified atom stereocenters. The molecule has 9 heteroatoms. The maximum Gasteiger partial charge on any atom is 0.433 e. The standard InChI is InChI=1S/C23H25F4N3O2.C2H6/c1-12-8-16(24)9-18(13(12)2)22-17(14(3)31)6-7-29(22)21(32)11-30-20(23(25,26)27)10-19(28-30)15-4-5-15;1-2/h8-10,15,17,22,31H,3-7,11H2,1-2H3;1-2H3/t17-,22-;/m0./s1. The Labute approximate surface area is 197 Å². The van der Waals surface area contributed by atoms with Gasteiger partial charge in [-0.25, -0.2) is 4.39 Å². The van der Waals surface area contributed by atoms with Gasteiger partial charge >= 0.3 is 6.18 Å². The van der Waals surface area contributed by atoms with Gasteiger partial charge in [-0.2, -0.15) is 18.3 Å². The quantitative estimate of drug-likeness (QED) is 0.407. The maximum atomic E-state index is 14.2. The summed E-state index contributed by atoms with van der Waals surface area (Å²) in [6, 6.07) is 2.99. The van der Waals surface area contributed by atoms with E-state index in [1.54, 1.807) is 13.8 Å². The SMILES string of the molecule is C=C(O)[C@@H]1CCN(C(=O)Cn2nc(C3CC3)cc2C(F)(F)F)[C@@H]1c1cc(F)cc(C)c1C.CC. The van der Waals surface area contributed by atoms with E-state index in [4.69, 9.17) is 0 Å². The molecule has 1 saturated carbocycles. The number of carbonyl (C=O) groups excluding carboxylic acids is 1. The van der Waals surface area contributed by atoms with E-state index in [2.05, 4.69) is 11.7 Å². The van der Waals surface area contributed by atoms with E-state index in [1.165, 1.54) is 17.0 Å². The summed E-state index contributed by atoms with van der Waals surface area (Å²) in [7, 11) is 0. The highest BCUT2D eigenvalue weighted by molar-refractivity contribution is 5.77. The Kier molecular flexibility index (Phi) is 7.43. The lowest BCUT2D eigenvalue weighted by atomic mass is 9.88. The van der Waals surface area contributed by atoms with Crippen molar-refractivity contribution in [2.24, 2.45) is 5.92 Å². The molecular formula is C25H31F4N3O2. The van der Waals surface area contributed by atoms with Crippen molar-refractivity contribution in [1.29, 1.82) is 0 Å². The van der Waals surface area contributed by atoms with Gasteiger partial charge in [0.2, 0.25) is 5.91 Å². The molecule has 4 rings (SSSR count). The fraction of sp³-hybridized carbons (Fsp3) is 0.520. The van der Waals surface area contributed by atoms with E-state index < -0.39 is 42.1 Å². The Hall–Kier alpha value is -2.84. The summed E-state index contributed by atoms with van der Waals surface area (Å²) in [5.74, 6) is -1.73. The Morgan fingerprint density at radius 1 is 1.18 bits per heavy atom. The van der Waals surface area contributed by atoms with Crippen LogP contribution in [0.25, 0.3) is 0 Å². The topological polar surface area (TPSA) is 58.4 Å². The third kappa shape index (κ3) is 5.13. The van der Waals surface area contributed by atoms with E-state index >= 15 is 0 Å². The van der Waals surface area contributed by atoms with Gasteiger partial charge < -0.3 is 10.0 Å². The van der Waals surface area contributed by atoms with Gasteiger partial charge in [-0.1, -0.05) is 20.4 Å². The maximum absolute atomic E-state index is 14.2. The molecule has 1 aliphatic carbocycles. The van der Waals surface area contributed by atoms with Gasteiger partial charge in [0.25, 0.3) is 0 Å². The van der Waals surface area contributed by atoms with E-state index in [-0.39, 0.29) is 18.2 Å². The summed E-state index contributed by atoms with van der Waals surface area (Å²) in [5.41, 5.74) is 1.35. The second-order valence-electron chi connectivity index (χ2n) is 8.74. The highest BCUT2D eigenvalue weighted by Gasteiger charge is 2.43. The van der Waals surface area contributed by atoms with Crippen LogP contribution in [0.1, 0.15) is 73.1 Å². The van der Waals surface area contributed by atoms with Crippen molar-refractivity contribution in [3.8, 4) is 0 Å². The van der Waals surface area contributed by atoms with Crippen molar-refractivity contribution in [2.45, 2.75) is 71.6 Å². The smallest absolute Gasteiger partial charge is 0.433 e. The number of benzene rings is 1. The molecule has 1 aromatic heterocycles. The number of likely N-dealkylation sites (tertiary alicyclic amines) is 1. The molecule has 1 saturated heterocycles. The Balaban J connectivity index is 0.00000158. The fourth-order valence-electron chi connectivity index (χ4n) is 4.54. The van der Waals surface area contributed by atoms with Crippen molar-refractivity contribution in [2.75, 3.05) is 6.54 Å². The molecule has 2 aromatic rings. The average molecular weight is 482 g/mol. The molecular weight excluding hydrogens is 450 g/mol. The minimum atomic E-state index is -4.64. The normalized spacial score (nSPS) is 20.2. The van der Waals surface area contributed by atoms with Gasteiger partial charge in [-0.3, -0.25) is 9.48 Å². The van der Waals surface area contributed by atoms with Crippen LogP contribution in [0.3, 0.4) is 0 Å². The third-order valence-electron chi connectivity index (χ3n) is 6.51. The molecule has 2 fully saturated rings. The van der Waals surface area contributed by atoms with Crippen LogP contribution in [0, 0.1) is 25.6 Å². The number of amides is 1. The van der Waals surface area contributed by atoms with Crippen molar-refractivity contribution in [3.63, 3.8) is 0 Å². The zero-order valence-electron chi connectivity index (χ0n) is 19.9. The largest absolute Gasteiger partial charge is 0.513 e. The number of alkyl halides is 3. The lowest BCUT2D eigenvalue weighted by Crippen LogP contribution is -2.36. The minimum Gasteiger partial charge on any atom is -0.513 e. The van der Waals surface area contributed by atoms with Crippen LogP contribution in [-0.2, 0) is 17.5 Å². The third-order valence-corrected chi connectivity index (χ3v) is 6.51. The number of rotatable bonds is 5. The summed E-state index contributed by atoms with van der Waals surface area (Å²) < 4.78 is 55.6. The lowest BCUT2D eigenvalue weighted by Gasteiger charge is -2.30. The summed E-state index contributed by atoms with van der Waals surface area (Å²) in [4.78, 5) is 14.6. The number of halogens is 4. The molecule has 0 bridgehead atoms. The van der Waals surface area contributed by atoms with Crippen molar-refractivity contribution < 1.29 is 27.5 Å². The number of aliphatic hydroxyl groups is 1. The van der Waals surface area contributed by atoms with Crippen LogP contribution in [-0.4, -0.2) is 32.2 Å². The predicted octanol–water partition coefficient (Wildman–Crippen LogP) is 6.22. The van der Waals surface area contributed by atoms with Gasteiger partial charge in [0.05, 0.1) is 17.5 Å². The molecule has 0 spiro atoms. The zero-order valence-corrected chi connectivity index (χ0v) is 19.9. The molecule has 5 nitrogen and oxygen atoms in total. The van der Waals surface area contributed by atoms with Crippen molar-refractivity contribution in [3.05, 3.63) is 64.4 Å². The summed E-state index contributed by atoms with van der Waals surface area (Å²) in [6.45, 7) is 10.8. The molecule has 2 atom stereocenters. The van der Waals surface area contributed by atoms with Gasteiger partial charge in [-0.05, 0) is 68.0 Å². The fourth-order valence-corrected chi connectivity index (χ4v) is 4.54. The number of carbonyl (C=O) groups is 1. The lowest BCUT2D eigenvalue weighted by molar-refractivity contribution is -0.146. The first-order chi connectivity index (χ1) is 16.0. The number of hydrogen-bond acceptors (Lipinski definition) is 3. The molecule has 1 N–H and O–H groups in total. The number of aryl methyl sites for hydroxylation is 1. The first-order valence-corrected chi connectivity index (χ1v) is 11.6. The minimum absolute atomic E-state index is 0.00648. The van der Waals surface area contributed by atoms with Crippen LogP contribution < -0.4 is 0 Å². The molecule has 1 amide bonds. The molecule has 186 valence electrons. The van der Waals surface area contributed by atoms with Crippen LogP contribution in [0.2, 0.25) is 0 Å². The van der Waals surface area contributed by atoms with Crippen LogP contribution in [0.15, 0.2) is 30.5 Å². The Morgan fingerprint density at radius 3 is 2.38 bits per heavy atom. The summed E-state index contributed by atoms with van der Waals surface area (Å²) >= 11 is 0. The van der Waals surface area contributed by atoms with Crippen molar-refractivity contribution >= 4 is 5.91 Å². The average Bonchev–Trinajstić information content (AvgIpc) is 3.36. The molecule has 1 aliphatic heterocycles. The van der Waals surface area contributed by atoms with Crippen molar-refractivity contribution in [1.82, 2.24) is 14.7 Å². The Bertz CT molecular complexity index is 1070. The summed E-state index contributed by atoms with van der Waals surface area (Å²) in [5, 5.41) is 14.2. The summed E-state index contributed by atoms with van der Waals surface area (Å²) in [6.07, 6.45) is -2.69. The molecule has 34 heavy (non-hydrogen) atoms. The van der Waals surface area contributed by atoms with E-state index in [0.29, 0.717) is 23.2 Å². The second-order valence-corrected chi connectivity index (χ2v) is 8.74. The van der Waals surface area contributed by atoms with Crippen LogP contribution >= 0.6 is 0 Å². The van der Waals surface area contributed by atoms with Gasteiger partial charge in [0.1, 0.15) is 18.1 Å². The van der Waals surface area contributed by atoms with Gasteiger partial charge in [0.15, 0.2) is 0 Å². The van der Waals surface area contributed by atoms with Crippen LogP contribution in [0.5, 0.6) is 0 Å². The Morgan fingerprint density at radius 2 is 1.82 bits per heavy atom. The van der Waals surface area contributed by atoms with Crippen LogP contribution in [0.4, 0.5) is 17.6 Å².